The third-order valence-electron chi connectivity index (χ3n) is 5.35. The predicted molar refractivity (Wildman–Crippen MR) is 123 cm³/mol. The number of hydrogen-bond acceptors (Lipinski definition) is 4. The van der Waals surface area contributed by atoms with E-state index in [1.54, 1.807) is 19.9 Å². The van der Waals surface area contributed by atoms with Gasteiger partial charge in [-0.25, -0.2) is 32.0 Å². The Bertz CT molecular complexity index is 1250. The van der Waals surface area contributed by atoms with E-state index in [1.165, 1.54) is 18.2 Å². The summed E-state index contributed by atoms with van der Waals surface area (Å²) in [4.78, 5) is 11.4. The number of halogens is 5. The van der Waals surface area contributed by atoms with Crippen LogP contribution in [0.3, 0.4) is 0 Å². The molecule has 3 atom stereocenters. The van der Waals surface area contributed by atoms with E-state index in [2.05, 4.69) is 30.8 Å². The molecule has 3 aromatic rings. The number of aryl methyl sites for hydroxylation is 1. The van der Waals surface area contributed by atoms with Crippen molar-refractivity contribution in [3.8, 4) is 0 Å². The van der Waals surface area contributed by atoms with Gasteiger partial charge in [0.05, 0.1) is 10.2 Å². The molecule has 6 nitrogen and oxygen atoms in total. The second kappa shape index (κ2) is 10.1. The Morgan fingerprint density at radius 3 is 2.61 bits per heavy atom. The maximum atomic E-state index is 14.8. The van der Waals surface area contributed by atoms with Gasteiger partial charge in [0.2, 0.25) is 5.89 Å². The van der Waals surface area contributed by atoms with Crippen molar-refractivity contribution in [2.45, 2.75) is 43.5 Å². The molecule has 0 aliphatic carbocycles. The standard InChI is InChI=1S/C21H20BrClF3N3O3S/c1-10-4-6-15(24)17(11(10)2)12(3)18(19-27-28-20(30)32-19)29-33(31)16-7-5-13(23)8-14(16)21(25,26)9-22/h4-8,12,18,29H,9H2,1-3H3,(H,28,30). The number of nitrogens with one attached hydrogen (secondary N) is 2. The number of hydrogen-bond donors (Lipinski definition) is 2. The average Bonchev–Trinajstić information content (AvgIpc) is 3.20. The highest BCUT2D eigenvalue weighted by molar-refractivity contribution is 9.09. The molecule has 0 radical (unpaired) electrons. The molecule has 178 valence electrons. The lowest BCUT2D eigenvalue weighted by Crippen LogP contribution is -2.31. The molecule has 12 heteroatoms. The number of rotatable bonds is 8. The molecule has 2 aromatic carbocycles. The molecule has 0 saturated heterocycles. The van der Waals surface area contributed by atoms with Crippen molar-refractivity contribution >= 4 is 38.5 Å². The summed E-state index contributed by atoms with van der Waals surface area (Å²) in [6.07, 6.45) is 0. The first-order chi connectivity index (χ1) is 15.5. The van der Waals surface area contributed by atoms with Gasteiger partial charge >= 0.3 is 5.76 Å². The molecule has 33 heavy (non-hydrogen) atoms. The summed E-state index contributed by atoms with van der Waals surface area (Å²) >= 11 is 8.66. The highest BCUT2D eigenvalue weighted by atomic mass is 79.9. The van der Waals surface area contributed by atoms with Crippen molar-refractivity contribution < 1.29 is 21.8 Å². The Morgan fingerprint density at radius 1 is 1.30 bits per heavy atom. The number of H-pyrrole nitrogens is 1. The first-order valence-electron chi connectivity index (χ1n) is 9.69. The van der Waals surface area contributed by atoms with Crippen molar-refractivity contribution in [1.29, 1.82) is 0 Å². The zero-order valence-electron chi connectivity index (χ0n) is 17.7. The van der Waals surface area contributed by atoms with E-state index in [1.807, 2.05) is 6.92 Å². The van der Waals surface area contributed by atoms with Crippen LogP contribution in [0.25, 0.3) is 0 Å². The van der Waals surface area contributed by atoms with Crippen LogP contribution in [0.2, 0.25) is 5.02 Å². The van der Waals surface area contributed by atoms with Gasteiger partial charge in [0.15, 0.2) is 0 Å². The molecule has 0 saturated carbocycles. The van der Waals surface area contributed by atoms with Crippen molar-refractivity contribution in [2.24, 2.45) is 0 Å². The molecule has 3 rings (SSSR count). The summed E-state index contributed by atoms with van der Waals surface area (Å²) in [5.74, 6) is -5.68. The summed E-state index contributed by atoms with van der Waals surface area (Å²) < 4.78 is 64.9. The van der Waals surface area contributed by atoms with Crippen molar-refractivity contribution in [2.75, 3.05) is 5.33 Å². The molecule has 0 aliphatic heterocycles. The molecule has 0 aliphatic rings. The smallest absolute Gasteiger partial charge is 0.391 e. The normalized spacial score (nSPS) is 14.8. The van der Waals surface area contributed by atoms with Gasteiger partial charge in [-0.3, -0.25) is 0 Å². The van der Waals surface area contributed by atoms with E-state index in [0.29, 0.717) is 5.56 Å². The Hall–Kier alpha value is -1.95. The number of nitrogens with zero attached hydrogens (tertiary/aromatic N) is 1. The van der Waals surface area contributed by atoms with Crippen molar-refractivity contribution in [1.82, 2.24) is 14.9 Å². The quantitative estimate of drug-likeness (QED) is 0.357. The van der Waals surface area contributed by atoms with Crippen LogP contribution in [0.15, 0.2) is 44.4 Å². The van der Waals surface area contributed by atoms with E-state index < -0.39 is 51.3 Å². The minimum Gasteiger partial charge on any atom is -0.391 e. The fourth-order valence-corrected chi connectivity index (χ4v) is 5.21. The number of aromatic nitrogens is 2. The third kappa shape index (κ3) is 5.42. The van der Waals surface area contributed by atoms with Crippen LogP contribution in [-0.2, 0) is 16.9 Å². The fourth-order valence-electron chi connectivity index (χ4n) is 3.47. The van der Waals surface area contributed by atoms with Crippen LogP contribution in [0.1, 0.15) is 47.0 Å². The lowest BCUT2D eigenvalue weighted by atomic mass is 9.88. The van der Waals surface area contributed by atoms with Gasteiger partial charge in [-0.15, -0.1) is 5.10 Å². The van der Waals surface area contributed by atoms with E-state index in [4.69, 9.17) is 16.0 Å². The minimum absolute atomic E-state index is 0.0482. The number of alkyl halides is 3. The fraction of sp³-hybridized carbons (Fsp3) is 0.333. The topological polar surface area (TPSA) is 88.0 Å². The third-order valence-corrected chi connectivity index (χ3v) is 7.51. The van der Waals surface area contributed by atoms with E-state index >= 15 is 0 Å². The van der Waals surface area contributed by atoms with Gasteiger partial charge < -0.3 is 4.42 Å². The first-order valence-corrected chi connectivity index (χ1v) is 12.3. The van der Waals surface area contributed by atoms with Gasteiger partial charge in [0.25, 0.3) is 5.92 Å². The van der Waals surface area contributed by atoms with Crippen molar-refractivity contribution in [3.05, 3.63) is 79.9 Å². The second-order valence-corrected chi connectivity index (χ2v) is 9.70. The van der Waals surface area contributed by atoms with Crippen LogP contribution < -0.4 is 10.5 Å². The highest BCUT2D eigenvalue weighted by Crippen LogP contribution is 2.38. The van der Waals surface area contributed by atoms with Crippen molar-refractivity contribution in [3.63, 3.8) is 0 Å². The maximum Gasteiger partial charge on any atom is 0.434 e. The van der Waals surface area contributed by atoms with Crippen LogP contribution in [0.5, 0.6) is 0 Å². The van der Waals surface area contributed by atoms with Crippen LogP contribution in [0, 0.1) is 19.7 Å². The highest BCUT2D eigenvalue weighted by Gasteiger charge is 2.36. The molecule has 0 spiro atoms. The minimum atomic E-state index is -3.36. The summed E-state index contributed by atoms with van der Waals surface area (Å²) in [5.41, 5.74) is 1.22. The molecule has 0 bridgehead atoms. The molecule has 2 N–H and O–H groups in total. The zero-order valence-corrected chi connectivity index (χ0v) is 20.9. The molecule has 1 heterocycles. The SMILES string of the molecule is Cc1ccc(F)c(C(C)C(NS(=O)c2ccc(Cl)cc2C(F)(F)CBr)c2n[nH]c(=O)o2)c1C. The molecule has 3 unspecified atom stereocenters. The average molecular weight is 567 g/mol. The molecule has 1 aromatic heterocycles. The lowest BCUT2D eigenvalue weighted by Gasteiger charge is -2.25. The zero-order chi connectivity index (χ0) is 24.5. The number of aromatic amines is 1. The van der Waals surface area contributed by atoms with Crippen LogP contribution in [-0.4, -0.2) is 19.7 Å². The Labute approximate surface area is 203 Å². The maximum absolute atomic E-state index is 14.8. The van der Waals surface area contributed by atoms with Gasteiger partial charge in [0, 0.05) is 16.5 Å². The summed E-state index contributed by atoms with van der Waals surface area (Å²) in [7, 11) is -2.23. The second-order valence-electron chi connectivity index (χ2n) is 7.49. The van der Waals surface area contributed by atoms with Crippen LogP contribution in [0.4, 0.5) is 13.2 Å². The van der Waals surface area contributed by atoms with Crippen LogP contribution >= 0.6 is 27.5 Å². The van der Waals surface area contributed by atoms with E-state index in [-0.39, 0.29) is 21.4 Å². The molecular formula is C21H20BrClF3N3O3S. The Balaban J connectivity index is 2.08. The van der Waals surface area contributed by atoms with E-state index in [0.717, 1.165) is 11.6 Å². The van der Waals surface area contributed by atoms with Gasteiger partial charge in [-0.05, 0) is 54.8 Å². The summed E-state index contributed by atoms with van der Waals surface area (Å²) in [5, 5.41) is 5.24. The lowest BCUT2D eigenvalue weighted by molar-refractivity contribution is 0.0216. The Morgan fingerprint density at radius 2 is 2.00 bits per heavy atom. The monoisotopic (exact) mass is 565 g/mol. The number of benzene rings is 2. The predicted octanol–water partition coefficient (Wildman–Crippen LogP) is 5.42. The summed E-state index contributed by atoms with van der Waals surface area (Å²) in [6, 6.07) is 5.42. The first kappa shape index (κ1) is 25.7. The Kier molecular flexibility index (Phi) is 7.87. The summed E-state index contributed by atoms with van der Waals surface area (Å²) in [6.45, 7) is 5.17. The van der Waals surface area contributed by atoms with E-state index in [9.17, 15) is 22.2 Å². The van der Waals surface area contributed by atoms with Gasteiger partial charge in [-0.1, -0.05) is 40.5 Å². The molecular weight excluding hydrogens is 547 g/mol. The van der Waals surface area contributed by atoms with Gasteiger partial charge in [-0.2, -0.15) is 0 Å². The van der Waals surface area contributed by atoms with Gasteiger partial charge in [0.1, 0.15) is 22.8 Å². The molecule has 0 amide bonds. The largest absolute Gasteiger partial charge is 0.434 e. The molecule has 0 fully saturated rings.